The topological polar surface area (TPSA) is 67.8 Å². The molecule has 0 spiro atoms. The molecule has 1 heterocycles. The minimum absolute atomic E-state index is 0. The Balaban J connectivity index is 0.00000420. The molecule has 29 heavy (non-hydrogen) atoms. The van der Waals surface area contributed by atoms with Gasteiger partial charge in [0.25, 0.3) is 0 Å². The second kappa shape index (κ2) is 14.4. The lowest BCUT2D eigenvalue weighted by Crippen LogP contribution is -2.37. The number of hydrogen-bond donors (Lipinski definition) is 2. The summed E-state index contributed by atoms with van der Waals surface area (Å²) in [5.41, 5.74) is 1.24. The van der Waals surface area contributed by atoms with E-state index in [-0.39, 0.29) is 24.0 Å². The number of guanidine groups is 1. The third-order valence-electron chi connectivity index (χ3n) is 4.13. The molecule has 0 saturated heterocycles. The quantitative estimate of drug-likeness (QED) is 0.194. The van der Waals surface area contributed by atoms with E-state index in [0.29, 0.717) is 13.2 Å². The van der Waals surface area contributed by atoms with Crippen molar-refractivity contribution >= 4 is 41.3 Å². The van der Waals surface area contributed by atoms with E-state index in [1.165, 1.54) is 10.4 Å². The number of rotatable bonds is 11. The van der Waals surface area contributed by atoms with Gasteiger partial charge in [0, 0.05) is 24.2 Å². The van der Waals surface area contributed by atoms with Gasteiger partial charge in [-0.3, -0.25) is 0 Å². The summed E-state index contributed by atoms with van der Waals surface area (Å²) in [5, 5.41) is 7.75. The number of aryl methyl sites for hydroxylation is 2. The highest BCUT2D eigenvalue weighted by Gasteiger charge is 2.06. The summed E-state index contributed by atoms with van der Waals surface area (Å²) in [6, 6.07) is 6.13. The molecule has 2 aromatic rings. The Morgan fingerprint density at radius 3 is 2.66 bits per heavy atom. The van der Waals surface area contributed by atoms with Crippen molar-refractivity contribution in [1.82, 2.24) is 15.6 Å². The summed E-state index contributed by atoms with van der Waals surface area (Å²) in [6.45, 7) is 9.11. The van der Waals surface area contributed by atoms with E-state index < -0.39 is 0 Å². The van der Waals surface area contributed by atoms with Gasteiger partial charge in [-0.05, 0) is 50.8 Å². The van der Waals surface area contributed by atoms with Crippen molar-refractivity contribution in [3.8, 4) is 11.5 Å². The highest BCUT2D eigenvalue weighted by Crippen LogP contribution is 2.28. The van der Waals surface area contributed by atoms with Crippen LogP contribution in [0.1, 0.15) is 42.6 Å². The fourth-order valence-corrected chi connectivity index (χ4v) is 3.50. The Hall–Kier alpha value is -1.55. The van der Waals surface area contributed by atoms with Crippen LogP contribution >= 0.6 is 35.3 Å². The zero-order valence-electron chi connectivity index (χ0n) is 17.8. The van der Waals surface area contributed by atoms with Gasteiger partial charge >= 0.3 is 0 Å². The number of nitrogens with one attached hydrogen (secondary N) is 2. The van der Waals surface area contributed by atoms with E-state index in [4.69, 9.17) is 9.47 Å². The Morgan fingerprint density at radius 2 is 2.00 bits per heavy atom. The van der Waals surface area contributed by atoms with Crippen LogP contribution in [0.4, 0.5) is 0 Å². The molecule has 0 aliphatic heterocycles. The Kier molecular flexibility index (Phi) is 12.7. The van der Waals surface area contributed by atoms with Crippen LogP contribution in [0.25, 0.3) is 0 Å². The van der Waals surface area contributed by atoms with Crippen LogP contribution in [-0.4, -0.2) is 37.7 Å². The van der Waals surface area contributed by atoms with Crippen LogP contribution in [0, 0.1) is 0 Å². The molecule has 162 valence electrons. The standard InChI is InChI=1S/C21H32N4O2S.HI/c1-5-17-14-24-20(28-17)15-25-21(22-6-2)23-12-8-9-16-10-11-18(26-4)19(13-16)27-7-3;/h10-11,13-14H,5-9,12,15H2,1-4H3,(H2,22,23,25);1H. The molecule has 0 amide bonds. The molecular formula is C21H33IN4O2S. The van der Waals surface area contributed by atoms with Gasteiger partial charge in [0.15, 0.2) is 17.5 Å². The highest BCUT2D eigenvalue weighted by molar-refractivity contribution is 14.0. The van der Waals surface area contributed by atoms with Crippen molar-refractivity contribution in [3.05, 3.63) is 39.8 Å². The van der Waals surface area contributed by atoms with E-state index >= 15 is 0 Å². The highest BCUT2D eigenvalue weighted by atomic mass is 127. The number of nitrogens with zero attached hydrogens (tertiary/aromatic N) is 2. The van der Waals surface area contributed by atoms with Crippen molar-refractivity contribution in [1.29, 1.82) is 0 Å². The molecule has 8 heteroatoms. The summed E-state index contributed by atoms with van der Waals surface area (Å²) in [5.74, 6) is 2.42. The number of aromatic nitrogens is 1. The second-order valence-corrected chi connectivity index (χ2v) is 7.42. The predicted octanol–water partition coefficient (Wildman–Crippen LogP) is 4.42. The second-order valence-electron chi connectivity index (χ2n) is 6.22. The van der Waals surface area contributed by atoms with Gasteiger partial charge in [0.05, 0.1) is 20.3 Å². The number of halogens is 1. The number of benzene rings is 1. The molecule has 2 rings (SSSR count). The molecule has 0 bridgehead atoms. The smallest absolute Gasteiger partial charge is 0.191 e. The first-order valence-corrected chi connectivity index (χ1v) is 10.8. The maximum atomic E-state index is 5.65. The molecule has 0 fully saturated rings. The molecule has 1 aromatic carbocycles. The van der Waals surface area contributed by atoms with Gasteiger partial charge in [0.2, 0.25) is 0 Å². The fourth-order valence-electron chi connectivity index (χ4n) is 2.72. The summed E-state index contributed by atoms with van der Waals surface area (Å²) < 4.78 is 11.0. The van der Waals surface area contributed by atoms with Crippen molar-refractivity contribution in [3.63, 3.8) is 0 Å². The number of methoxy groups -OCH3 is 1. The summed E-state index contributed by atoms with van der Waals surface area (Å²) >= 11 is 1.73. The molecule has 0 atom stereocenters. The van der Waals surface area contributed by atoms with Crippen LogP contribution in [0.2, 0.25) is 0 Å². The van der Waals surface area contributed by atoms with Gasteiger partial charge in [0.1, 0.15) is 5.01 Å². The van der Waals surface area contributed by atoms with E-state index in [1.54, 1.807) is 18.4 Å². The van der Waals surface area contributed by atoms with Crippen LogP contribution in [0.5, 0.6) is 11.5 Å². The minimum atomic E-state index is 0. The van der Waals surface area contributed by atoms with Crippen molar-refractivity contribution < 1.29 is 9.47 Å². The minimum Gasteiger partial charge on any atom is -0.493 e. The summed E-state index contributed by atoms with van der Waals surface area (Å²) in [4.78, 5) is 10.4. The van der Waals surface area contributed by atoms with Gasteiger partial charge in [-0.1, -0.05) is 13.0 Å². The molecule has 0 unspecified atom stereocenters. The van der Waals surface area contributed by atoms with E-state index in [0.717, 1.165) is 54.8 Å². The number of ether oxygens (including phenoxy) is 2. The number of hydrogen-bond acceptors (Lipinski definition) is 5. The molecule has 0 aliphatic carbocycles. The first-order valence-electron chi connectivity index (χ1n) is 9.95. The first kappa shape index (κ1) is 25.5. The zero-order chi connectivity index (χ0) is 20.2. The average molecular weight is 532 g/mol. The normalized spacial score (nSPS) is 11.0. The fraction of sp³-hybridized carbons (Fsp3) is 0.524. The Labute approximate surface area is 195 Å². The number of aliphatic imine (C=N–C) groups is 1. The Morgan fingerprint density at radius 1 is 1.17 bits per heavy atom. The van der Waals surface area contributed by atoms with Gasteiger partial charge < -0.3 is 20.1 Å². The van der Waals surface area contributed by atoms with Crippen molar-refractivity contribution in [2.45, 2.75) is 46.6 Å². The number of thiazole rings is 1. The van der Waals surface area contributed by atoms with Crippen LogP contribution in [0.3, 0.4) is 0 Å². The molecular weight excluding hydrogens is 499 g/mol. The molecule has 2 N–H and O–H groups in total. The first-order chi connectivity index (χ1) is 13.7. The van der Waals surface area contributed by atoms with E-state index in [9.17, 15) is 0 Å². The lowest BCUT2D eigenvalue weighted by molar-refractivity contribution is 0.310. The van der Waals surface area contributed by atoms with Crippen LogP contribution in [0.15, 0.2) is 29.4 Å². The maximum absolute atomic E-state index is 5.65. The molecule has 6 nitrogen and oxygen atoms in total. The summed E-state index contributed by atoms with van der Waals surface area (Å²) in [7, 11) is 1.66. The molecule has 0 aliphatic rings. The third kappa shape index (κ3) is 8.77. The zero-order valence-corrected chi connectivity index (χ0v) is 20.9. The lowest BCUT2D eigenvalue weighted by atomic mass is 10.1. The van der Waals surface area contributed by atoms with Gasteiger partial charge in [-0.2, -0.15) is 0 Å². The molecule has 0 saturated carbocycles. The van der Waals surface area contributed by atoms with Crippen molar-refractivity contribution in [2.24, 2.45) is 4.99 Å². The molecule has 0 radical (unpaired) electrons. The lowest BCUT2D eigenvalue weighted by Gasteiger charge is -2.12. The summed E-state index contributed by atoms with van der Waals surface area (Å²) in [6.07, 6.45) is 4.93. The molecule has 1 aromatic heterocycles. The predicted molar refractivity (Wildman–Crippen MR) is 132 cm³/mol. The average Bonchev–Trinajstić information content (AvgIpc) is 3.18. The van der Waals surface area contributed by atoms with E-state index in [1.807, 2.05) is 19.2 Å². The van der Waals surface area contributed by atoms with E-state index in [2.05, 4.69) is 46.6 Å². The van der Waals surface area contributed by atoms with Gasteiger partial charge in [-0.15, -0.1) is 35.3 Å². The maximum Gasteiger partial charge on any atom is 0.191 e. The SMILES string of the molecule is CCNC(=NCc1ncc(CC)s1)NCCCc1ccc(OC)c(OCC)c1.I. The largest absolute Gasteiger partial charge is 0.493 e. The van der Waals surface area contributed by atoms with Crippen LogP contribution < -0.4 is 20.1 Å². The Bertz CT molecular complexity index is 752. The van der Waals surface area contributed by atoms with Crippen LogP contribution in [-0.2, 0) is 19.4 Å². The monoisotopic (exact) mass is 532 g/mol. The third-order valence-corrected chi connectivity index (χ3v) is 5.26. The van der Waals surface area contributed by atoms with Crippen molar-refractivity contribution in [2.75, 3.05) is 26.8 Å². The van der Waals surface area contributed by atoms with Gasteiger partial charge in [-0.25, -0.2) is 9.98 Å².